The van der Waals surface area contributed by atoms with Crippen molar-refractivity contribution in [1.82, 2.24) is 9.78 Å². The van der Waals surface area contributed by atoms with E-state index in [1.807, 2.05) is 13.8 Å². The normalized spacial score (nSPS) is 10.7. The van der Waals surface area contributed by atoms with Crippen molar-refractivity contribution in [3.05, 3.63) is 17.5 Å². The minimum Gasteiger partial charge on any atom is -0.478 e. The van der Waals surface area contributed by atoms with E-state index in [0.717, 1.165) is 11.8 Å². The molecule has 6 heteroatoms. The lowest BCUT2D eigenvalue weighted by atomic mass is 10.2. The van der Waals surface area contributed by atoms with E-state index in [4.69, 9.17) is 5.11 Å². The molecule has 0 aromatic carbocycles. The molecule has 5 nitrogen and oxygen atoms in total. The number of rotatable bonds is 3. The predicted octanol–water partition coefficient (Wildman–Crippen LogP) is 1.40. The van der Waals surface area contributed by atoms with E-state index in [1.165, 1.54) is 10.9 Å². The SMILES string of the molecule is CC(C)SC(=O)c1c(C(=O)O)cnn1C. The summed E-state index contributed by atoms with van der Waals surface area (Å²) >= 11 is 1.09. The number of carboxylic acid groups (broad SMARTS) is 1. The Morgan fingerprint density at radius 3 is 2.60 bits per heavy atom. The van der Waals surface area contributed by atoms with Gasteiger partial charge in [-0.2, -0.15) is 5.10 Å². The topological polar surface area (TPSA) is 72.2 Å². The summed E-state index contributed by atoms with van der Waals surface area (Å²) in [6, 6.07) is 0. The molecule has 0 unspecified atom stereocenters. The predicted molar refractivity (Wildman–Crippen MR) is 57.2 cm³/mol. The lowest BCUT2D eigenvalue weighted by Gasteiger charge is -2.04. The Balaban J connectivity index is 3.06. The molecule has 0 saturated heterocycles. The number of aromatic carboxylic acids is 1. The number of carbonyl (C=O) groups excluding carboxylic acids is 1. The summed E-state index contributed by atoms with van der Waals surface area (Å²) in [6.45, 7) is 3.75. The highest BCUT2D eigenvalue weighted by Gasteiger charge is 2.22. The maximum absolute atomic E-state index is 11.7. The summed E-state index contributed by atoms with van der Waals surface area (Å²) in [6.07, 6.45) is 1.19. The second-order valence-corrected chi connectivity index (χ2v) is 4.84. The van der Waals surface area contributed by atoms with Crippen LogP contribution in [0.5, 0.6) is 0 Å². The number of aryl methyl sites for hydroxylation is 1. The molecule has 0 fully saturated rings. The summed E-state index contributed by atoms with van der Waals surface area (Å²) in [5, 5.41) is 12.5. The number of carboxylic acids is 1. The molecular formula is C9H12N2O3S. The van der Waals surface area contributed by atoms with E-state index in [1.54, 1.807) is 7.05 Å². The Morgan fingerprint density at radius 2 is 2.13 bits per heavy atom. The second-order valence-electron chi connectivity index (χ2n) is 3.29. The van der Waals surface area contributed by atoms with Crippen LogP contribution in [0.2, 0.25) is 0 Å². The van der Waals surface area contributed by atoms with Crippen LogP contribution in [0.1, 0.15) is 34.7 Å². The molecule has 0 radical (unpaired) electrons. The van der Waals surface area contributed by atoms with Crippen LogP contribution < -0.4 is 0 Å². The Labute approximate surface area is 91.5 Å². The van der Waals surface area contributed by atoms with Gasteiger partial charge in [0.15, 0.2) is 0 Å². The zero-order chi connectivity index (χ0) is 11.6. The largest absolute Gasteiger partial charge is 0.478 e. The molecule has 0 aliphatic rings. The first kappa shape index (κ1) is 11.8. The molecule has 82 valence electrons. The maximum Gasteiger partial charge on any atom is 0.339 e. The average Bonchev–Trinajstić information content (AvgIpc) is 2.45. The van der Waals surface area contributed by atoms with Gasteiger partial charge in [0, 0.05) is 12.3 Å². The molecule has 0 aliphatic heterocycles. The van der Waals surface area contributed by atoms with Crippen molar-refractivity contribution in [1.29, 1.82) is 0 Å². The standard InChI is InChI=1S/C9H12N2O3S/c1-5(2)15-9(14)7-6(8(12)13)4-10-11(7)3/h4-5H,1-3H3,(H,12,13). The van der Waals surface area contributed by atoms with Crippen LogP contribution in [0, 0.1) is 0 Å². The van der Waals surface area contributed by atoms with E-state index < -0.39 is 5.97 Å². The summed E-state index contributed by atoms with van der Waals surface area (Å²) in [7, 11) is 1.56. The molecule has 0 spiro atoms. The Bertz CT molecular complexity index is 398. The van der Waals surface area contributed by atoms with E-state index in [0.29, 0.717) is 0 Å². The van der Waals surface area contributed by atoms with Crippen LogP contribution in [-0.4, -0.2) is 31.2 Å². The Kier molecular flexibility index (Phi) is 3.52. The van der Waals surface area contributed by atoms with Crippen LogP contribution in [0.3, 0.4) is 0 Å². The van der Waals surface area contributed by atoms with Gasteiger partial charge < -0.3 is 5.11 Å². The van der Waals surface area contributed by atoms with E-state index in [9.17, 15) is 9.59 Å². The number of nitrogens with zero attached hydrogens (tertiary/aromatic N) is 2. The quantitative estimate of drug-likeness (QED) is 0.846. The van der Waals surface area contributed by atoms with Gasteiger partial charge in [-0.3, -0.25) is 9.48 Å². The highest BCUT2D eigenvalue weighted by Crippen LogP contribution is 2.19. The summed E-state index contributed by atoms with van der Waals surface area (Å²) in [4.78, 5) is 22.5. The van der Waals surface area contributed by atoms with Crippen molar-refractivity contribution >= 4 is 22.8 Å². The summed E-state index contributed by atoms with van der Waals surface area (Å²) < 4.78 is 1.29. The molecule has 0 amide bonds. The van der Waals surface area contributed by atoms with E-state index >= 15 is 0 Å². The molecule has 1 heterocycles. The summed E-state index contributed by atoms with van der Waals surface area (Å²) in [5.74, 6) is -1.13. The molecule has 0 aliphatic carbocycles. The zero-order valence-electron chi connectivity index (χ0n) is 8.72. The fourth-order valence-electron chi connectivity index (χ4n) is 1.11. The third-order valence-corrected chi connectivity index (χ3v) is 2.58. The van der Waals surface area contributed by atoms with Gasteiger partial charge in [0.1, 0.15) is 11.3 Å². The van der Waals surface area contributed by atoms with Crippen LogP contribution in [0.4, 0.5) is 0 Å². The fraction of sp³-hybridized carbons (Fsp3) is 0.444. The van der Waals surface area contributed by atoms with Gasteiger partial charge in [-0.15, -0.1) is 0 Å². The van der Waals surface area contributed by atoms with Crippen LogP contribution in [-0.2, 0) is 7.05 Å². The van der Waals surface area contributed by atoms with Crippen LogP contribution >= 0.6 is 11.8 Å². The van der Waals surface area contributed by atoms with Crippen molar-refractivity contribution in [3.8, 4) is 0 Å². The summed E-state index contributed by atoms with van der Waals surface area (Å²) in [5.41, 5.74) is 0.0943. The second kappa shape index (κ2) is 4.48. The third kappa shape index (κ3) is 2.59. The highest BCUT2D eigenvalue weighted by atomic mass is 32.2. The first-order valence-electron chi connectivity index (χ1n) is 4.39. The minimum atomic E-state index is -1.13. The highest BCUT2D eigenvalue weighted by molar-refractivity contribution is 8.14. The minimum absolute atomic E-state index is 0.0457. The maximum atomic E-state index is 11.7. The van der Waals surface area contributed by atoms with Gasteiger partial charge in [-0.1, -0.05) is 25.6 Å². The number of thioether (sulfide) groups is 1. The molecule has 0 bridgehead atoms. The van der Waals surface area contributed by atoms with Crippen molar-refractivity contribution in [2.24, 2.45) is 7.05 Å². The van der Waals surface area contributed by atoms with Gasteiger partial charge in [0.2, 0.25) is 5.12 Å². The lowest BCUT2D eigenvalue weighted by molar-refractivity contribution is 0.0693. The Hall–Kier alpha value is -1.30. The van der Waals surface area contributed by atoms with Gasteiger partial charge in [-0.25, -0.2) is 4.79 Å². The van der Waals surface area contributed by atoms with Gasteiger partial charge >= 0.3 is 5.97 Å². The van der Waals surface area contributed by atoms with Gasteiger partial charge in [0.05, 0.1) is 6.20 Å². The van der Waals surface area contributed by atoms with E-state index in [2.05, 4.69) is 5.10 Å². The molecule has 1 aromatic rings. The molecule has 1 N–H and O–H groups in total. The van der Waals surface area contributed by atoms with Crippen molar-refractivity contribution in [2.45, 2.75) is 19.1 Å². The molecular weight excluding hydrogens is 216 g/mol. The monoisotopic (exact) mass is 228 g/mol. The van der Waals surface area contributed by atoms with Crippen molar-refractivity contribution in [3.63, 3.8) is 0 Å². The molecule has 1 rings (SSSR count). The zero-order valence-corrected chi connectivity index (χ0v) is 9.54. The van der Waals surface area contributed by atoms with Crippen molar-refractivity contribution in [2.75, 3.05) is 0 Å². The molecule has 15 heavy (non-hydrogen) atoms. The van der Waals surface area contributed by atoms with Gasteiger partial charge in [-0.05, 0) is 0 Å². The number of carbonyl (C=O) groups is 2. The molecule has 0 saturated carbocycles. The lowest BCUT2D eigenvalue weighted by Crippen LogP contribution is -2.11. The average molecular weight is 228 g/mol. The van der Waals surface area contributed by atoms with Gasteiger partial charge in [0.25, 0.3) is 0 Å². The van der Waals surface area contributed by atoms with Crippen molar-refractivity contribution < 1.29 is 14.7 Å². The fourth-order valence-corrected chi connectivity index (χ4v) is 1.89. The van der Waals surface area contributed by atoms with E-state index in [-0.39, 0.29) is 21.6 Å². The first-order valence-corrected chi connectivity index (χ1v) is 5.27. The number of hydrogen-bond acceptors (Lipinski definition) is 4. The number of aromatic nitrogens is 2. The molecule has 0 atom stereocenters. The third-order valence-electron chi connectivity index (χ3n) is 1.71. The van der Waals surface area contributed by atoms with Crippen LogP contribution in [0.15, 0.2) is 6.20 Å². The smallest absolute Gasteiger partial charge is 0.339 e. The Morgan fingerprint density at radius 1 is 1.53 bits per heavy atom. The number of hydrogen-bond donors (Lipinski definition) is 1. The first-order chi connectivity index (χ1) is 6.93. The van der Waals surface area contributed by atoms with Crippen LogP contribution in [0.25, 0.3) is 0 Å². The molecule has 1 aromatic heterocycles.